The van der Waals surface area contributed by atoms with Gasteiger partial charge in [0, 0.05) is 6.54 Å². The zero-order valence-electron chi connectivity index (χ0n) is 8.60. The van der Waals surface area contributed by atoms with E-state index in [1.54, 1.807) is 0 Å². The van der Waals surface area contributed by atoms with E-state index in [-0.39, 0.29) is 0 Å². The van der Waals surface area contributed by atoms with Crippen LogP contribution in [0.3, 0.4) is 0 Å². The van der Waals surface area contributed by atoms with Crippen molar-refractivity contribution in [3.05, 3.63) is 35.4 Å². The minimum atomic E-state index is -1.34. The van der Waals surface area contributed by atoms with Crippen LogP contribution in [0.5, 0.6) is 0 Å². The second-order valence-corrected chi connectivity index (χ2v) is 3.41. The molecule has 0 saturated heterocycles. The molecule has 1 aromatic rings. The highest BCUT2D eigenvalue weighted by molar-refractivity contribution is 5.80. The maximum Gasteiger partial charge on any atom is 0.251 e. The summed E-state index contributed by atoms with van der Waals surface area (Å²) in [5, 5.41) is 20.1. The molecule has 0 fully saturated rings. The van der Waals surface area contributed by atoms with Crippen molar-refractivity contribution < 1.29 is 15.0 Å². The summed E-state index contributed by atoms with van der Waals surface area (Å²) in [4.78, 5) is 11.1. The average Bonchev–Trinajstić information content (AvgIpc) is 2.25. The highest BCUT2D eigenvalue weighted by Gasteiger charge is 2.12. The molecule has 0 spiro atoms. The number of benzene rings is 1. The molecule has 0 aliphatic heterocycles. The van der Waals surface area contributed by atoms with Gasteiger partial charge in [0.2, 0.25) is 0 Å². The maximum atomic E-state index is 11.1. The fourth-order valence-electron chi connectivity index (χ4n) is 1.21. The fraction of sp³-hybridized carbons (Fsp3) is 0.364. The Hall–Kier alpha value is -1.39. The lowest BCUT2D eigenvalue weighted by atomic mass is 10.1. The van der Waals surface area contributed by atoms with E-state index in [9.17, 15) is 4.79 Å². The molecule has 1 unspecified atom stereocenters. The number of aliphatic hydroxyl groups excluding tert-OH is 2. The van der Waals surface area contributed by atoms with Crippen LogP contribution in [-0.2, 0) is 11.3 Å². The van der Waals surface area contributed by atoms with E-state index in [0.29, 0.717) is 6.54 Å². The molecule has 3 N–H and O–H groups in total. The lowest BCUT2D eigenvalue weighted by Gasteiger charge is -2.08. The minimum absolute atomic E-state index is 0.359. The Balaban J connectivity index is 2.47. The SMILES string of the molecule is Cc1cccc(CNC(=O)C(O)CO)c1. The highest BCUT2D eigenvalue weighted by Crippen LogP contribution is 2.03. The number of hydrogen-bond acceptors (Lipinski definition) is 3. The van der Waals surface area contributed by atoms with Gasteiger partial charge in [-0.15, -0.1) is 0 Å². The van der Waals surface area contributed by atoms with Crippen molar-refractivity contribution >= 4 is 5.91 Å². The standard InChI is InChI=1S/C11H15NO3/c1-8-3-2-4-9(5-8)6-12-11(15)10(14)7-13/h2-5,10,13-14H,6-7H2,1H3,(H,12,15). The first kappa shape index (κ1) is 11.7. The predicted molar refractivity (Wildman–Crippen MR) is 56.1 cm³/mol. The number of amides is 1. The zero-order chi connectivity index (χ0) is 11.3. The molecular weight excluding hydrogens is 194 g/mol. The maximum absolute atomic E-state index is 11.1. The largest absolute Gasteiger partial charge is 0.393 e. The number of carbonyl (C=O) groups excluding carboxylic acids is 1. The molecule has 1 aromatic carbocycles. The van der Waals surface area contributed by atoms with Crippen LogP contribution in [0.15, 0.2) is 24.3 Å². The molecule has 0 heterocycles. The van der Waals surface area contributed by atoms with E-state index < -0.39 is 18.6 Å². The number of rotatable bonds is 4. The van der Waals surface area contributed by atoms with Gasteiger partial charge in [-0.3, -0.25) is 4.79 Å². The van der Waals surface area contributed by atoms with Gasteiger partial charge in [0.15, 0.2) is 6.10 Å². The third-order valence-corrected chi connectivity index (χ3v) is 2.02. The summed E-state index contributed by atoms with van der Waals surface area (Å²) in [7, 11) is 0. The van der Waals surface area contributed by atoms with Crippen LogP contribution in [0.4, 0.5) is 0 Å². The zero-order valence-corrected chi connectivity index (χ0v) is 8.60. The average molecular weight is 209 g/mol. The van der Waals surface area contributed by atoms with Crippen molar-refractivity contribution in [1.82, 2.24) is 5.32 Å². The fourth-order valence-corrected chi connectivity index (χ4v) is 1.21. The van der Waals surface area contributed by atoms with Crippen molar-refractivity contribution in [3.63, 3.8) is 0 Å². The normalized spacial score (nSPS) is 12.2. The van der Waals surface area contributed by atoms with Crippen LogP contribution in [-0.4, -0.2) is 28.8 Å². The summed E-state index contributed by atoms with van der Waals surface area (Å²) in [5.74, 6) is -0.556. The summed E-state index contributed by atoms with van der Waals surface area (Å²) >= 11 is 0. The third-order valence-electron chi connectivity index (χ3n) is 2.02. The summed E-state index contributed by atoms with van der Waals surface area (Å²) in [6, 6.07) is 7.71. The van der Waals surface area contributed by atoms with Crippen molar-refractivity contribution in [1.29, 1.82) is 0 Å². The second-order valence-electron chi connectivity index (χ2n) is 3.41. The number of hydrogen-bond donors (Lipinski definition) is 3. The first-order valence-electron chi connectivity index (χ1n) is 4.75. The Morgan fingerprint density at radius 2 is 2.27 bits per heavy atom. The van der Waals surface area contributed by atoms with Gasteiger partial charge >= 0.3 is 0 Å². The van der Waals surface area contributed by atoms with Crippen LogP contribution >= 0.6 is 0 Å². The van der Waals surface area contributed by atoms with Crippen molar-refractivity contribution in [2.45, 2.75) is 19.6 Å². The Bertz CT molecular complexity index is 338. The summed E-state index contributed by atoms with van der Waals surface area (Å²) in [5.41, 5.74) is 2.08. The molecule has 15 heavy (non-hydrogen) atoms. The quantitative estimate of drug-likeness (QED) is 0.652. The van der Waals surface area contributed by atoms with E-state index in [4.69, 9.17) is 10.2 Å². The molecule has 0 radical (unpaired) electrons. The number of aryl methyl sites for hydroxylation is 1. The van der Waals surface area contributed by atoms with Crippen molar-refractivity contribution in [2.24, 2.45) is 0 Å². The van der Waals surface area contributed by atoms with E-state index in [1.165, 1.54) is 0 Å². The van der Waals surface area contributed by atoms with E-state index in [2.05, 4.69) is 5.32 Å². The molecule has 1 atom stereocenters. The van der Waals surface area contributed by atoms with Crippen molar-refractivity contribution in [3.8, 4) is 0 Å². The number of nitrogens with one attached hydrogen (secondary N) is 1. The van der Waals surface area contributed by atoms with Crippen LogP contribution in [0.1, 0.15) is 11.1 Å². The first-order chi connectivity index (χ1) is 7.13. The van der Waals surface area contributed by atoms with Gasteiger partial charge < -0.3 is 15.5 Å². The lowest BCUT2D eigenvalue weighted by Crippen LogP contribution is -2.36. The highest BCUT2D eigenvalue weighted by atomic mass is 16.3. The van der Waals surface area contributed by atoms with E-state index >= 15 is 0 Å². The Morgan fingerprint density at radius 3 is 2.87 bits per heavy atom. The second kappa shape index (κ2) is 5.48. The molecule has 82 valence electrons. The molecule has 0 aromatic heterocycles. The molecule has 0 aliphatic rings. The minimum Gasteiger partial charge on any atom is -0.393 e. The number of carbonyl (C=O) groups is 1. The first-order valence-corrected chi connectivity index (χ1v) is 4.75. The van der Waals surface area contributed by atoms with Crippen molar-refractivity contribution in [2.75, 3.05) is 6.61 Å². The van der Waals surface area contributed by atoms with E-state index in [0.717, 1.165) is 11.1 Å². The molecular formula is C11H15NO3. The smallest absolute Gasteiger partial charge is 0.251 e. The Labute approximate surface area is 88.6 Å². The van der Waals surface area contributed by atoms with Gasteiger partial charge in [0.05, 0.1) is 6.61 Å². The van der Waals surface area contributed by atoms with Crippen LogP contribution in [0.2, 0.25) is 0 Å². The van der Waals surface area contributed by atoms with Gasteiger partial charge in [-0.25, -0.2) is 0 Å². The molecule has 0 aliphatic carbocycles. The van der Waals surface area contributed by atoms with Gasteiger partial charge in [0.25, 0.3) is 5.91 Å². The lowest BCUT2D eigenvalue weighted by molar-refractivity contribution is -0.131. The molecule has 4 heteroatoms. The topological polar surface area (TPSA) is 69.6 Å². The monoisotopic (exact) mass is 209 g/mol. The van der Waals surface area contributed by atoms with Gasteiger partial charge in [0.1, 0.15) is 0 Å². The van der Waals surface area contributed by atoms with Crippen LogP contribution < -0.4 is 5.32 Å². The van der Waals surface area contributed by atoms with Gasteiger partial charge in [-0.05, 0) is 12.5 Å². The van der Waals surface area contributed by atoms with Crippen LogP contribution in [0, 0.1) is 6.92 Å². The summed E-state index contributed by atoms with van der Waals surface area (Å²) in [6.45, 7) is 1.77. The van der Waals surface area contributed by atoms with Crippen LogP contribution in [0.25, 0.3) is 0 Å². The predicted octanol–water partition coefficient (Wildman–Crippen LogP) is -0.0356. The summed E-state index contributed by atoms with van der Waals surface area (Å²) < 4.78 is 0. The Morgan fingerprint density at radius 1 is 1.53 bits per heavy atom. The molecule has 1 amide bonds. The van der Waals surface area contributed by atoms with Gasteiger partial charge in [-0.2, -0.15) is 0 Å². The molecule has 0 saturated carbocycles. The Kier molecular flexibility index (Phi) is 4.27. The van der Waals surface area contributed by atoms with E-state index in [1.807, 2.05) is 31.2 Å². The molecule has 4 nitrogen and oxygen atoms in total. The number of aliphatic hydroxyl groups is 2. The molecule has 1 rings (SSSR count). The van der Waals surface area contributed by atoms with Gasteiger partial charge in [-0.1, -0.05) is 29.8 Å². The summed E-state index contributed by atoms with van der Waals surface area (Å²) in [6.07, 6.45) is -1.34. The molecule has 0 bridgehead atoms. The third kappa shape index (κ3) is 3.69.